The number of hydrogen-bond acceptors (Lipinski definition) is 3. The van der Waals surface area contributed by atoms with Gasteiger partial charge < -0.3 is 5.32 Å². The van der Waals surface area contributed by atoms with Crippen LogP contribution in [0.15, 0.2) is 53.4 Å². The van der Waals surface area contributed by atoms with Crippen molar-refractivity contribution in [3.63, 3.8) is 0 Å². The van der Waals surface area contributed by atoms with Crippen molar-refractivity contribution in [2.45, 2.75) is 4.90 Å². The number of rotatable bonds is 1. The number of nitrogens with zero attached hydrogens (tertiary/aromatic N) is 2. The molecule has 19 heavy (non-hydrogen) atoms. The minimum absolute atomic E-state index is 0.209. The number of carbonyl (C=O) groups is 1. The van der Waals surface area contributed by atoms with E-state index in [9.17, 15) is 4.79 Å². The quantitative estimate of drug-likeness (QED) is 0.803. The van der Waals surface area contributed by atoms with Crippen LogP contribution in [0.2, 0.25) is 0 Å². The Kier molecular flexibility index (Phi) is 2.86. The van der Waals surface area contributed by atoms with Gasteiger partial charge >= 0.3 is 6.03 Å². The van der Waals surface area contributed by atoms with E-state index in [1.165, 1.54) is 11.9 Å². The summed E-state index contributed by atoms with van der Waals surface area (Å²) in [5.41, 5.74) is 2.03. The molecule has 2 amide bonds. The highest BCUT2D eigenvalue weighted by atomic mass is 32.2. The van der Waals surface area contributed by atoms with E-state index in [0.29, 0.717) is 11.3 Å². The summed E-state index contributed by atoms with van der Waals surface area (Å²) in [7, 11) is 0. The van der Waals surface area contributed by atoms with E-state index >= 15 is 0 Å². The average Bonchev–Trinajstić information content (AvgIpc) is 2.46. The van der Waals surface area contributed by atoms with Crippen LogP contribution in [0.5, 0.6) is 0 Å². The van der Waals surface area contributed by atoms with Gasteiger partial charge in [-0.1, -0.05) is 18.2 Å². The molecule has 0 fully saturated rings. The third-order valence-electron chi connectivity index (χ3n) is 2.71. The van der Waals surface area contributed by atoms with Crippen LogP contribution in [0.3, 0.4) is 0 Å². The van der Waals surface area contributed by atoms with Crippen LogP contribution < -0.4 is 9.62 Å². The lowest BCUT2D eigenvalue weighted by Gasteiger charge is -2.27. The number of fused-ring (bicyclic) bond motifs is 1. The van der Waals surface area contributed by atoms with Crippen molar-refractivity contribution in [2.24, 2.45) is 0 Å². The second-order valence-corrected chi connectivity index (χ2v) is 4.96. The fraction of sp³-hybridized carbons (Fsp3) is 0. The van der Waals surface area contributed by atoms with Gasteiger partial charge in [-0.15, -0.1) is 0 Å². The number of nitrogens with one attached hydrogen (secondary N) is 1. The molecular weight excluding hydrogens is 258 g/mol. The summed E-state index contributed by atoms with van der Waals surface area (Å²) in [5.74, 6) is 0. The third kappa shape index (κ3) is 2.14. The summed E-state index contributed by atoms with van der Waals surface area (Å²) in [6.45, 7) is 0. The topological polar surface area (TPSA) is 56.1 Å². The maximum absolute atomic E-state index is 12.1. The highest BCUT2D eigenvalue weighted by Crippen LogP contribution is 2.38. The maximum atomic E-state index is 12.1. The van der Waals surface area contributed by atoms with Gasteiger partial charge in [0.15, 0.2) is 0 Å². The van der Waals surface area contributed by atoms with Crippen LogP contribution in [0.1, 0.15) is 5.56 Å². The molecule has 0 unspecified atom stereocenters. The fourth-order valence-corrected chi connectivity index (χ4v) is 2.73. The van der Waals surface area contributed by atoms with Crippen LogP contribution in [0, 0.1) is 11.3 Å². The van der Waals surface area contributed by atoms with E-state index in [0.717, 1.165) is 10.6 Å². The molecule has 1 N–H and O–H groups in total. The maximum Gasteiger partial charge on any atom is 0.336 e. The van der Waals surface area contributed by atoms with E-state index in [2.05, 4.69) is 11.4 Å². The number of hydrogen-bond donors (Lipinski definition) is 1. The highest BCUT2D eigenvalue weighted by Gasteiger charge is 2.24. The summed E-state index contributed by atoms with van der Waals surface area (Å²) in [4.78, 5) is 13.0. The molecule has 0 spiro atoms. The SMILES string of the molecule is N#Cc1cccc(N2Sc3ccccc3NC2=O)c1. The molecule has 4 nitrogen and oxygen atoms in total. The first-order valence-corrected chi connectivity index (χ1v) is 6.43. The zero-order valence-corrected chi connectivity index (χ0v) is 10.6. The molecule has 2 aromatic rings. The zero-order valence-electron chi connectivity index (χ0n) is 9.83. The summed E-state index contributed by atoms with van der Waals surface area (Å²) in [6.07, 6.45) is 0. The van der Waals surface area contributed by atoms with Gasteiger partial charge in [-0.25, -0.2) is 9.10 Å². The summed E-state index contributed by atoms with van der Waals surface area (Å²) in [5, 5.41) is 11.7. The Morgan fingerprint density at radius 1 is 1.16 bits per heavy atom. The predicted molar refractivity (Wildman–Crippen MR) is 75.0 cm³/mol. The molecule has 0 aromatic heterocycles. The molecule has 0 radical (unpaired) electrons. The normalized spacial score (nSPS) is 13.4. The molecule has 0 atom stereocenters. The number of nitriles is 1. The largest absolute Gasteiger partial charge is 0.336 e. The Balaban J connectivity index is 1.98. The van der Waals surface area contributed by atoms with Crippen molar-refractivity contribution >= 4 is 29.4 Å². The molecule has 0 saturated heterocycles. The summed E-state index contributed by atoms with van der Waals surface area (Å²) >= 11 is 1.35. The minimum Gasteiger partial charge on any atom is -0.306 e. The van der Waals surface area contributed by atoms with Crippen LogP contribution in [-0.2, 0) is 0 Å². The number of carbonyl (C=O) groups excluding carboxylic acids is 1. The molecule has 0 saturated carbocycles. The number of para-hydroxylation sites is 1. The summed E-state index contributed by atoms with van der Waals surface area (Å²) in [6, 6.07) is 16.5. The summed E-state index contributed by atoms with van der Waals surface area (Å²) < 4.78 is 1.54. The Hall–Kier alpha value is -2.45. The Morgan fingerprint density at radius 3 is 2.84 bits per heavy atom. The molecule has 1 aliphatic rings. The van der Waals surface area contributed by atoms with E-state index in [4.69, 9.17) is 5.26 Å². The molecule has 0 bridgehead atoms. The minimum atomic E-state index is -0.209. The van der Waals surface area contributed by atoms with Crippen molar-refractivity contribution in [2.75, 3.05) is 9.62 Å². The van der Waals surface area contributed by atoms with Gasteiger partial charge in [-0.2, -0.15) is 5.26 Å². The first-order valence-electron chi connectivity index (χ1n) is 5.66. The average molecular weight is 267 g/mol. The van der Waals surface area contributed by atoms with Crippen molar-refractivity contribution in [3.05, 3.63) is 54.1 Å². The molecule has 2 aromatic carbocycles. The molecule has 1 aliphatic heterocycles. The second kappa shape index (κ2) is 4.67. The molecule has 1 heterocycles. The molecule has 5 heteroatoms. The van der Waals surface area contributed by atoms with E-state index in [-0.39, 0.29) is 6.03 Å². The second-order valence-electron chi connectivity index (χ2n) is 3.97. The third-order valence-corrected chi connectivity index (χ3v) is 3.82. The van der Waals surface area contributed by atoms with Crippen LogP contribution in [0.4, 0.5) is 16.2 Å². The first kappa shape index (κ1) is 11.6. The van der Waals surface area contributed by atoms with Gasteiger partial charge in [0.1, 0.15) is 0 Å². The Morgan fingerprint density at radius 2 is 2.00 bits per heavy atom. The van der Waals surface area contributed by atoms with E-state index in [1.807, 2.05) is 24.3 Å². The van der Waals surface area contributed by atoms with Gasteiger partial charge in [0.25, 0.3) is 0 Å². The Labute approximate surface area is 114 Å². The lowest BCUT2D eigenvalue weighted by molar-refractivity contribution is 0.260. The van der Waals surface area contributed by atoms with Gasteiger partial charge in [0.2, 0.25) is 0 Å². The number of urea groups is 1. The molecule has 3 rings (SSSR count). The lowest BCUT2D eigenvalue weighted by atomic mass is 10.2. The van der Waals surface area contributed by atoms with E-state index in [1.54, 1.807) is 28.6 Å². The number of amides is 2. The fourth-order valence-electron chi connectivity index (χ4n) is 1.83. The number of anilines is 2. The van der Waals surface area contributed by atoms with Gasteiger partial charge in [0, 0.05) is 0 Å². The Bertz CT molecular complexity index is 693. The van der Waals surface area contributed by atoms with E-state index < -0.39 is 0 Å². The predicted octanol–water partition coefficient (Wildman–Crippen LogP) is 3.62. The van der Waals surface area contributed by atoms with Crippen LogP contribution in [-0.4, -0.2) is 6.03 Å². The van der Waals surface area contributed by atoms with Crippen LogP contribution >= 0.6 is 11.9 Å². The highest BCUT2D eigenvalue weighted by molar-refractivity contribution is 8.01. The number of benzene rings is 2. The van der Waals surface area contributed by atoms with Gasteiger partial charge in [-0.3, -0.25) is 0 Å². The van der Waals surface area contributed by atoms with Crippen molar-refractivity contribution in [1.29, 1.82) is 5.26 Å². The molecular formula is C14H9N3OS. The van der Waals surface area contributed by atoms with Gasteiger partial charge in [0.05, 0.1) is 27.9 Å². The lowest BCUT2D eigenvalue weighted by Crippen LogP contribution is -2.32. The molecule has 0 aliphatic carbocycles. The van der Waals surface area contributed by atoms with Gasteiger partial charge in [-0.05, 0) is 42.3 Å². The first-order chi connectivity index (χ1) is 9.28. The standard InChI is InChI=1S/C14H9N3OS/c15-9-10-4-3-5-11(8-10)17-14(18)16-12-6-1-2-7-13(12)19-17/h1-8H,(H,16,18). The zero-order chi connectivity index (χ0) is 13.2. The van der Waals surface area contributed by atoms with Crippen molar-refractivity contribution in [3.8, 4) is 6.07 Å². The smallest absolute Gasteiger partial charge is 0.306 e. The molecule has 92 valence electrons. The van der Waals surface area contributed by atoms with Crippen molar-refractivity contribution < 1.29 is 4.79 Å². The monoisotopic (exact) mass is 267 g/mol. The van der Waals surface area contributed by atoms with Crippen LogP contribution in [0.25, 0.3) is 0 Å². The van der Waals surface area contributed by atoms with Crippen molar-refractivity contribution in [1.82, 2.24) is 0 Å².